The van der Waals surface area contributed by atoms with Crippen LogP contribution in [-0.4, -0.2) is 21.6 Å². The number of hydrogen-bond donors (Lipinski definition) is 1. The van der Waals surface area contributed by atoms with Crippen LogP contribution in [0.5, 0.6) is 0 Å². The van der Waals surface area contributed by atoms with Crippen molar-refractivity contribution in [1.29, 1.82) is 5.26 Å². The van der Waals surface area contributed by atoms with Crippen molar-refractivity contribution in [2.24, 2.45) is 0 Å². The van der Waals surface area contributed by atoms with Crippen LogP contribution in [0.3, 0.4) is 0 Å². The van der Waals surface area contributed by atoms with E-state index in [2.05, 4.69) is 43.2 Å². The molecule has 1 saturated carbocycles. The third-order valence-corrected chi connectivity index (χ3v) is 4.71. The van der Waals surface area contributed by atoms with Gasteiger partial charge in [-0.15, -0.1) is 0 Å². The monoisotopic (exact) mass is 322 g/mol. The molecule has 1 rings (SSSR count). The summed E-state index contributed by atoms with van der Waals surface area (Å²) in [4.78, 5) is 11.3. The minimum absolute atomic E-state index is 0.106. The Kier molecular flexibility index (Phi) is 4.39. The SMILES string of the molecule is N#CC1(NC(=O)C(Br)CBr)CCCC1. The Morgan fingerprint density at radius 2 is 2.14 bits per heavy atom. The maximum absolute atomic E-state index is 11.6. The van der Waals surface area contributed by atoms with Crippen molar-refractivity contribution in [2.45, 2.75) is 36.0 Å². The summed E-state index contributed by atoms with van der Waals surface area (Å²) in [6.07, 6.45) is 3.60. The van der Waals surface area contributed by atoms with Crippen LogP contribution in [0, 0.1) is 11.3 Å². The second kappa shape index (κ2) is 5.13. The Hall–Kier alpha value is -0.0800. The largest absolute Gasteiger partial charge is 0.337 e. The molecule has 1 amide bonds. The van der Waals surface area contributed by atoms with Gasteiger partial charge in [0.05, 0.1) is 6.07 Å². The number of alkyl halides is 2. The standard InChI is InChI=1S/C9H12Br2N2O/c10-5-7(11)8(14)13-9(6-12)3-1-2-4-9/h7H,1-5H2,(H,13,14). The molecule has 0 aromatic heterocycles. The van der Waals surface area contributed by atoms with Crippen molar-refractivity contribution < 1.29 is 4.79 Å². The molecular formula is C9H12Br2N2O. The molecular weight excluding hydrogens is 312 g/mol. The molecule has 1 N–H and O–H groups in total. The fraction of sp³-hybridized carbons (Fsp3) is 0.778. The molecule has 0 aliphatic heterocycles. The van der Waals surface area contributed by atoms with Gasteiger partial charge in [-0.05, 0) is 25.7 Å². The zero-order chi connectivity index (χ0) is 10.6. The number of carbonyl (C=O) groups is 1. The van der Waals surface area contributed by atoms with Crippen molar-refractivity contribution in [3.63, 3.8) is 0 Å². The van der Waals surface area contributed by atoms with E-state index in [9.17, 15) is 4.79 Å². The lowest BCUT2D eigenvalue weighted by atomic mass is 10.00. The molecule has 0 bridgehead atoms. The van der Waals surface area contributed by atoms with Crippen molar-refractivity contribution in [1.82, 2.24) is 5.32 Å². The number of carbonyl (C=O) groups excluding carboxylic acids is 1. The quantitative estimate of drug-likeness (QED) is 0.809. The summed E-state index contributed by atoms with van der Waals surface area (Å²) >= 11 is 6.45. The van der Waals surface area contributed by atoms with E-state index in [1.807, 2.05) is 0 Å². The Morgan fingerprint density at radius 1 is 1.57 bits per heavy atom. The van der Waals surface area contributed by atoms with Crippen LogP contribution in [0.25, 0.3) is 0 Å². The summed E-state index contributed by atoms with van der Waals surface area (Å²) in [6.45, 7) is 0. The maximum atomic E-state index is 11.6. The molecule has 78 valence electrons. The van der Waals surface area contributed by atoms with Gasteiger partial charge in [0.25, 0.3) is 0 Å². The minimum Gasteiger partial charge on any atom is -0.337 e. The summed E-state index contributed by atoms with van der Waals surface area (Å²) in [5, 5.41) is 12.4. The van der Waals surface area contributed by atoms with E-state index >= 15 is 0 Å². The number of nitrogens with zero attached hydrogens (tertiary/aromatic N) is 1. The van der Waals surface area contributed by atoms with Crippen molar-refractivity contribution in [3.05, 3.63) is 0 Å². The molecule has 1 fully saturated rings. The van der Waals surface area contributed by atoms with E-state index in [1.165, 1.54) is 0 Å². The Balaban J connectivity index is 2.57. The van der Waals surface area contributed by atoms with Crippen LogP contribution in [-0.2, 0) is 4.79 Å². The van der Waals surface area contributed by atoms with Crippen LogP contribution in [0.2, 0.25) is 0 Å². The lowest BCUT2D eigenvalue weighted by Gasteiger charge is -2.23. The van der Waals surface area contributed by atoms with Gasteiger partial charge in [0.1, 0.15) is 10.4 Å². The van der Waals surface area contributed by atoms with Crippen LogP contribution in [0.1, 0.15) is 25.7 Å². The predicted molar refractivity (Wildman–Crippen MR) is 61.5 cm³/mol. The van der Waals surface area contributed by atoms with Crippen LogP contribution in [0.15, 0.2) is 0 Å². The van der Waals surface area contributed by atoms with Gasteiger partial charge in [0.2, 0.25) is 5.91 Å². The minimum atomic E-state index is -0.606. The van der Waals surface area contributed by atoms with E-state index < -0.39 is 5.54 Å². The van der Waals surface area contributed by atoms with Gasteiger partial charge in [-0.2, -0.15) is 5.26 Å². The highest BCUT2D eigenvalue weighted by atomic mass is 79.9. The molecule has 0 radical (unpaired) electrons. The molecule has 1 atom stereocenters. The van der Waals surface area contributed by atoms with Crippen LogP contribution < -0.4 is 5.32 Å². The van der Waals surface area contributed by atoms with Gasteiger partial charge in [0.15, 0.2) is 0 Å². The number of halogens is 2. The first kappa shape index (κ1) is 12.0. The molecule has 0 heterocycles. The number of nitrogens with one attached hydrogen (secondary N) is 1. The van der Waals surface area contributed by atoms with Gasteiger partial charge in [-0.25, -0.2) is 0 Å². The molecule has 5 heteroatoms. The smallest absolute Gasteiger partial charge is 0.235 e. The fourth-order valence-electron chi connectivity index (χ4n) is 1.63. The molecule has 0 saturated heterocycles. The lowest BCUT2D eigenvalue weighted by molar-refractivity contribution is -0.121. The summed E-state index contributed by atoms with van der Waals surface area (Å²) in [5.41, 5.74) is -0.606. The van der Waals surface area contributed by atoms with Crippen molar-refractivity contribution >= 4 is 37.8 Å². The van der Waals surface area contributed by atoms with Crippen LogP contribution >= 0.6 is 31.9 Å². The third-order valence-electron chi connectivity index (χ3n) is 2.45. The topological polar surface area (TPSA) is 52.9 Å². The molecule has 1 aliphatic carbocycles. The van der Waals surface area contributed by atoms with E-state index in [0.717, 1.165) is 25.7 Å². The molecule has 14 heavy (non-hydrogen) atoms. The van der Waals surface area contributed by atoms with Crippen molar-refractivity contribution in [3.8, 4) is 6.07 Å². The van der Waals surface area contributed by atoms with Gasteiger partial charge in [-0.1, -0.05) is 31.9 Å². The highest BCUT2D eigenvalue weighted by molar-refractivity contribution is 9.12. The Morgan fingerprint density at radius 3 is 2.57 bits per heavy atom. The third kappa shape index (κ3) is 2.71. The zero-order valence-corrected chi connectivity index (χ0v) is 10.9. The van der Waals surface area contributed by atoms with E-state index in [4.69, 9.17) is 5.26 Å². The first-order valence-electron chi connectivity index (χ1n) is 4.57. The number of nitriles is 1. The summed E-state index contributed by atoms with van der Waals surface area (Å²) in [6, 6.07) is 2.22. The average molecular weight is 324 g/mol. The number of rotatable bonds is 3. The zero-order valence-electron chi connectivity index (χ0n) is 7.72. The summed E-state index contributed by atoms with van der Waals surface area (Å²) < 4.78 is 0. The van der Waals surface area contributed by atoms with Gasteiger partial charge in [0, 0.05) is 5.33 Å². The Bertz CT molecular complexity index is 256. The second-order valence-electron chi connectivity index (χ2n) is 3.51. The normalized spacial score (nSPS) is 21.2. The molecule has 1 aliphatic rings. The molecule has 3 nitrogen and oxygen atoms in total. The van der Waals surface area contributed by atoms with E-state index in [1.54, 1.807) is 0 Å². The van der Waals surface area contributed by atoms with Gasteiger partial charge in [-0.3, -0.25) is 4.79 Å². The highest BCUT2D eigenvalue weighted by Gasteiger charge is 2.36. The average Bonchev–Trinajstić information content (AvgIpc) is 2.65. The predicted octanol–water partition coefficient (Wildman–Crippen LogP) is 2.10. The van der Waals surface area contributed by atoms with Gasteiger partial charge < -0.3 is 5.32 Å². The first-order chi connectivity index (χ1) is 6.63. The number of hydrogen-bond acceptors (Lipinski definition) is 2. The van der Waals surface area contributed by atoms with Crippen LogP contribution in [0.4, 0.5) is 0 Å². The van der Waals surface area contributed by atoms with E-state index in [0.29, 0.717) is 5.33 Å². The maximum Gasteiger partial charge on any atom is 0.235 e. The molecule has 0 spiro atoms. The number of amides is 1. The van der Waals surface area contributed by atoms with Gasteiger partial charge >= 0.3 is 0 Å². The molecule has 0 aromatic carbocycles. The lowest BCUT2D eigenvalue weighted by Crippen LogP contribution is -2.48. The second-order valence-corrected chi connectivity index (χ2v) is 5.26. The summed E-state index contributed by atoms with van der Waals surface area (Å²) in [5.74, 6) is -0.106. The molecule has 0 aromatic rings. The highest BCUT2D eigenvalue weighted by Crippen LogP contribution is 2.29. The Labute approximate surface area is 100 Å². The first-order valence-corrected chi connectivity index (χ1v) is 6.60. The van der Waals surface area contributed by atoms with E-state index in [-0.39, 0.29) is 10.7 Å². The summed E-state index contributed by atoms with van der Waals surface area (Å²) in [7, 11) is 0. The van der Waals surface area contributed by atoms with Crippen molar-refractivity contribution in [2.75, 3.05) is 5.33 Å². The molecule has 1 unspecified atom stereocenters. The fourth-order valence-corrected chi connectivity index (χ4v) is 2.04.